The highest BCUT2D eigenvalue weighted by Crippen LogP contribution is 2.36. The van der Waals surface area contributed by atoms with Crippen LogP contribution in [0.25, 0.3) is 0 Å². The van der Waals surface area contributed by atoms with E-state index in [1.54, 1.807) is 55.5 Å². The number of hydrazone groups is 1. The molecule has 3 rings (SSSR count). The van der Waals surface area contributed by atoms with E-state index in [1.165, 1.54) is 25.5 Å². The number of anilines is 1. The number of nitrogens with one attached hydrogen (secondary N) is 1. The number of rotatable bonds is 11. The van der Waals surface area contributed by atoms with E-state index in [1.807, 2.05) is 13.0 Å². The molecule has 3 aromatic carbocycles. The minimum Gasteiger partial charge on any atom is -0.493 e. The zero-order chi connectivity index (χ0) is 27.0. The second kappa shape index (κ2) is 12.6. The molecule has 0 radical (unpaired) electrons. The maximum atomic E-state index is 13.5. The summed E-state index contributed by atoms with van der Waals surface area (Å²) in [4.78, 5) is 12.9. The predicted octanol–water partition coefficient (Wildman–Crippen LogP) is 4.98. The normalized spacial score (nSPS) is 11.2. The molecule has 0 fully saturated rings. The first-order chi connectivity index (χ1) is 17.7. The first kappa shape index (κ1) is 27.9. The molecule has 0 aromatic heterocycles. The molecule has 0 saturated heterocycles. The third kappa shape index (κ3) is 6.99. The van der Waals surface area contributed by atoms with E-state index in [9.17, 15) is 13.2 Å². The van der Waals surface area contributed by atoms with E-state index >= 15 is 0 Å². The third-order valence-corrected chi connectivity index (χ3v) is 7.60. The van der Waals surface area contributed by atoms with Crippen LogP contribution in [-0.4, -0.2) is 40.8 Å². The largest absolute Gasteiger partial charge is 0.493 e. The topological polar surface area (TPSA) is 97.3 Å². The number of halogens is 1. The van der Waals surface area contributed by atoms with Crippen LogP contribution in [0, 0.1) is 13.8 Å². The molecule has 0 aliphatic heterocycles. The number of sulfonamides is 1. The molecule has 1 amide bonds. The summed E-state index contributed by atoms with van der Waals surface area (Å²) in [5, 5.41) is 4.01. The van der Waals surface area contributed by atoms with Gasteiger partial charge in [-0.1, -0.05) is 48.6 Å². The van der Waals surface area contributed by atoms with E-state index in [-0.39, 0.29) is 4.90 Å². The molecule has 1 N–H and O–H groups in total. The molecule has 0 saturated carbocycles. The highest BCUT2D eigenvalue weighted by atomic mass is 79.9. The first-order valence-electron chi connectivity index (χ1n) is 11.3. The van der Waals surface area contributed by atoms with Crippen molar-refractivity contribution in [3.8, 4) is 11.5 Å². The van der Waals surface area contributed by atoms with Crippen LogP contribution < -0.4 is 19.2 Å². The smallest absolute Gasteiger partial charge is 0.264 e. The van der Waals surface area contributed by atoms with Crippen molar-refractivity contribution in [1.82, 2.24) is 5.43 Å². The Morgan fingerprint density at radius 3 is 2.51 bits per heavy atom. The number of hydrogen-bond donors (Lipinski definition) is 1. The monoisotopic (exact) mass is 585 g/mol. The van der Waals surface area contributed by atoms with Crippen molar-refractivity contribution in [3.05, 3.63) is 94.5 Å². The molecule has 37 heavy (non-hydrogen) atoms. The van der Waals surface area contributed by atoms with Gasteiger partial charge in [0.15, 0.2) is 11.5 Å². The van der Waals surface area contributed by atoms with Gasteiger partial charge in [-0.3, -0.25) is 9.10 Å². The van der Waals surface area contributed by atoms with Crippen LogP contribution in [0.4, 0.5) is 5.69 Å². The molecule has 0 spiro atoms. The number of carbonyl (C=O) groups excluding carboxylic acids is 1. The van der Waals surface area contributed by atoms with Crippen LogP contribution in [0.1, 0.15) is 16.7 Å². The molecule has 10 heteroatoms. The number of nitrogens with zero attached hydrogens (tertiary/aromatic N) is 2. The lowest BCUT2D eigenvalue weighted by Gasteiger charge is -2.25. The quantitative estimate of drug-likeness (QED) is 0.194. The van der Waals surface area contributed by atoms with Gasteiger partial charge < -0.3 is 9.47 Å². The molecule has 3 aromatic rings. The lowest BCUT2D eigenvalue weighted by molar-refractivity contribution is -0.119. The summed E-state index contributed by atoms with van der Waals surface area (Å²) in [5.41, 5.74) is 5.16. The number of carbonyl (C=O) groups is 1. The summed E-state index contributed by atoms with van der Waals surface area (Å²) in [6, 6.07) is 16.8. The standard InChI is InChI=1S/C27H28BrN3O5S/c1-5-13-36-27-23(28)15-21(16-25(27)35-4)17-29-30-26(32)18-31(24-12-11-19(2)14-20(24)3)37(33,34)22-9-7-6-8-10-22/h5-12,14-17H,1,13,18H2,2-4H3,(H,30,32)/b29-17+. The minimum atomic E-state index is -4.01. The number of hydrogen-bond acceptors (Lipinski definition) is 6. The number of methoxy groups -OCH3 is 1. The van der Waals surface area contributed by atoms with Gasteiger partial charge in [-0.15, -0.1) is 0 Å². The van der Waals surface area contributed by atoms with Gasteiger partial charge in [0.05, 0.1) is 28.4 Å². The number of aryl methyl sites for hydroxylation is 2. The molecule has 0 atom stereocenters. The Hall–Kier alpha value is -3.63. The van der Waals surface area contributed by atoms with E-state index in [0.717, 1.165) is 15.4 Å². The van der Waals surface area contributed by atoms with Crippen LogP contribution >= 0.6 is 15.9 Å². The summed E-state index contributed by atoms with van der Waals surface area (Å²) in [6.07, 6.45) is 3.05. The van der Waals surface area contributed by atoms with Gasteiger partial charge in [-0.05, 0) is 71.2 Å². The Kier molecular flexibility index (Phi) is 9.48. The van der Waals surface area contributed by atoms with Crippen LogP contribution in [0.2, 0.25) is 0 Å². The summed E-state index contributed by atoms with van der Waals surface area (Å²) >= 11 is 3.44. The third-order valence-electron chi connectivity index (χ3n) is 5.24. The zero-order valence-corrected chi connectivity index (χ0v) is 23.2. The van der Waals surface area contributed by atoms with Crippen LogP contribution in [0.15, 0.2) is 87.8 Å². The summed E-state index contributed by atoms with van der Waals surface area (Å²) in [5.74, 6) is 0.380. The number of amides is 1. The maximum Gasteiger partial charge on any atom is 0.264 e. The van der Waals surface area contributed by atoms with E-state index in [0.29, 0.717) is 33.8 Å². The van der Waals surface area contributed by atoms with Crippen LogP contribution in [-0.2, 0) is 14.8 Å². The summed E-state index contributed by atoms with van der Waals surface area (Å²) < 4.78 is 39.7. The van der Waals surface area contributed by atoms with Gasteiger partial charge in [-0.25, -0.2) is 13.8 Å². The zero-order valence-electron chi connectivity index (χ0n) is 20.8. The van der Waals surface area contributed by atoms with Crippen molar-refractivity contribution in [1.29, 1.82) is 0 Å². The van der Waals surface area contributed by atoms with Gasteiger partial charge in [0.2, 0.25) is 0 Å². The van der Waals surface area contributed by atoms with Crippen LogP contribution in [0.3, 0.4) is 0 Å². The number of ether oxygens (including phenoxy) is 2. The van der Waals surface area contributed by atoms with Gasteiger partial charge in [0, 0.05) is 0 Å². The van der Waals surface area contributed by atoms with Crippen molar-refractivity contribution in [2.75, 3.05) is 24.6 Å². The maximum absolute atomic E-state index is 13.5. The van der Waals surface area contributed by atoms with Gasteiger partial charge in [0.25, 0.3) is 15.9 Å². The van der Waals surface area contributed by atoms with E-state index < -0.39 is 22.5 Å². The van der Waals surface area contributed by atoms with Gasteiger partial charge in [-0.2, -0.15) is 5.10 Å². The molecule has 0 unspecified atom stereocenters. The number of benzene rings is 3. The Morgan fingerprint density at radius 2 is 1.86 bits per heavy atom. The lowest BCUT2D eigenvalue weighted by atomic mass is 10.1. The summed E-state index contributed by atoms with van der Waals surface area (Å²) in [6.45, 7) is 7.20. The Labute approximate surface area is 225 Å². The van der Waals surface area contributed by atoms with Gasteiger partial charge in [0.1, 0.15) is 13.2 Å². The Balaban J connectivity index is 1.83. The second-order valence-corrected chi connectivity index (χ2v) is 10.8. The molecule has 0 aliphatic carbocycles. The fourth-order valence-electron chi connectivity index (χ4n) is 3.55. The second-order valence-electron chi connectivity index (χ2n) is 8.04. The fourth-order valence-corrected chi connectivity index (χ4v) is 5.63. The average molecular weight is 587 g/mol. The van der Waals surface area contributed by atoms with Crippen LogP contribution in [0.5, 0.6) is 11.5 Å². The van der Waals surface area contributed by atoms with Crippen molar-refractivity contribution < 1.29 is 22.7 Å². The molecule has 0 heterocycles. The fraction of sp³-hybridized carbons (Fsp3) is 0.185. The van der Waals surface area contributed by atoms with Crippen molar-refractivity contribution in [3.63, 3.8) is 0 Å². The molecular formula is C27H28BrN3O5S. The first-order valence-corrected chi connectivity index (χ1v) is 13.5. The van der Waals surface area contributed by atoms with Crippen molar-refractivity contribution >= 4 is 43.8 Å². The molecular weight excluding hydrogens is 558 g/mol. The van der Waals surface area contributed by atoms with E-state index in [2.05, 4.69) is 33.0 Å². The molecule has 0 aliphatic rings. The summed E-state index contributed by atoms with van der Waals surface area (Å²) in [7, 11) is -2.50. The van der Waals surface area contributed by atoms with Gasteiger partial charge >= 0.3 is 0 Å². The Bertz CT molecular complexity index is 1410. The Morgan fingerprint density at radius 1 is 1.14 bits per heavy atom. The molecule has 194 valence electrons. The van der Waals surface area contributed by atoms with Crippen molar-refractivity contribution in [2.45, 2.75) is 18.7 Å². The SMILES string of the molecule is C=CCOc1c(Br)cc(/C=N/NC(=O)CN(c2ccc(C)cc2C)S(=O)(=O)c2ccccc2)cc1OC. The van der Waals surface area contributed by atoms with E-state index in [4.69, 9.17) is 9.47 Å². The molecule has 8 nitrogen and oxygen atoms in total. The molecule has 0 bridgehead atoms. The van der Waals surface area contributed by atoms with Crippen molar-refractivity contribution in [2.24, 2.45) is 5.10 Å². The predicted molar refractivity (Wildman–Crippen MR) is 149 cm³/mol. The highest BCUT2D eigenvalue weighted by Gasteiger charge is 2.28. The highest BCUT2D eigenvalue weighted by molar-refractivity contribution is 9.10. The minimum absolute atomic E-state index is 0.0852. The average Bonchev–Trinajstić information content (AvgIpc) is 2.87. The lowest BCUT2D eigenvalue weighted by Crippen LogP contribution is -2.40.